The molecule has 1 aromatic heterocycles. The summed E-state index contributed by atoms with van der Waals surface area (Å²) in [6.45, 7) is 13.3. The average Bonchev–Trinajstić information content (AvgIpc) is 2.93. The van der Waals surface area contributed by atoms with Crippen LogP contribution in [-0.4, -0.2) is 95.8 Å². The summed E-state index contributed by atoms with van der Waals surface area (Å²) >= 11 is 7.60. The van der Waals surface area contributed by atoms with E-state index in [1.165, 1.54) is 11.8 Å². The van der Waals surface area contributed by atoms with Gasteiger partial charge in [-0.1, -0.05) is 37.2 Å². The number of rotatable bonds is 13. The number of amides is 2. The van der Waals surface area contributed by atoms with Crippen molar-refractivity contribution in [3.8, 4) is 5.75 Å². The van der Waals surface area contributed by atoms with Crippen molar-refractivity contribution in [3.05, 3.63) is 41.0 Å². The van der Waals surface area contributed by atoms with Gasteiger partial charge in [-0.25, -0.2) is 9.97 Å². The Bertz CT molecular complexity index is 1090. The van der Waals surface area contributed by atoms with Crippen molar-refractivity contribution in [2.24, 2.45) is 0 Å². The fraction of sp³-hybridized carbons (Fsp3) is 0.571. The molecule has 1 fully saturated rings. The topological polar surface area (TPSA) is 90.9 Å². The molecule has 39 heavy (non-hydrogen) atoms. The fourth-order valence-corrected chi connectivity index (χ4v) is 5.55. The molecule has 0 bridgehead atoms. The van der Waals surface area contributed by atoms with Gasteiger partial charge in [-0.15, -0.1) is 0 Å². The number of benzene rings is 1. The monoisotopic (exact) mass is 576 g/mol. The van der Waals surface area contributed by atoms with Gasteiger partial charge >= 0.3 is 0 Å². The summed E-state index contributed by atoms with van der Waals surface area (Å²) in [6.07, 6.45) is 1.99. The average molecular weight is 577 g/mol. The maximum absolute atomic E-state index is 13.1. The van der Waals surface area contributed by atoms with Crippen LogP contribution in [0.3, 0.4) is 0 Å². The maximum atomic E-state index is 13.1. The predicted molar refractivity (Wildman–Crippen MR) is 158 cm³/mol. The lowest BCUT2D eigenvalue weighted by Gasteiger charge is -2.40. The number of hydrogen-bond acceptors (Lipinski definition) is 8. The Kier molecular flexibility index (Phi) is 12.1. The Morgan fingerprint density at radius 2 is 1.92 bits per heavy atom. The molecule has 2 atom stereocenters. The van der Waals surface area contributed by atoms with E-state index in [0.717, 1.165) is 38.2 Å². The summed E-state index contributed by atoms with van der Waals surface area (Å²) in [5.74, 6) is 1.60. The van der Waals surface area contributed by atoms with Gasteiger partial charge in [0.25, 0.3) is 5.91 Å². The van der Waals surface area contributed by atoms with Gasteiger partial charge in [0.15, 0.2) is 5.16 Å². The molecule has 1 saturated heterocycles. The highest BCUT2D eigenvalue weighted by Crippen LogP contribution is 2.25. The molecule has 1 aliphatic rings. The fourth-order valence-electron chi connectivity index (χ4n) is 4.66. The Morgan fingerprint density at radius 3 is 2.56 bits per heavy atom. The highest BCUT2D eigenvalue weighted by Gasteiger charge is 2.29. The van der Waals surface area contributed by atoms with Crippen molar-refractivity contribution in [1.82, 2.24) is 25.1 Å². The van der Waals surface area contributed by atoms with E-state index < -0.39 is 0 Å². The van der Waals surface area contributed by atoms with Crippen LogP contribution >= 0.6 is 23.4 Å². The maximum Gasteiger partial charge on any atom is 0.254 e. The first-order valence-electron chi connectivity index (χ1n) is 13.6. The van der Waals surface area contributed by atoms with E-state index in [4.69, 9.17) is 16.3 Å². The zero-order valence-corrected chi connectivity index (χ0v) is 25.2. The van der Waals surface area contributed by atoms with Gasteiger partial charge in [0, 0.05) is 43.3 Å². The molecule has 11 heteroatoms. The number of nitrogens with one attached hydrogen (secondary N) is 1. The molecule has 0 radical (unpaired) electrons. The lowest BCUT2D eigenvalue weighted by molar-refractivity contribution is -0.119. The van der Waals surface area contributed by atoms with E-state index >= 15 is 0 Å². The molecule has 1 N–H and O–H groups in total. The van der Waals surface area contributed by atoms with Crippen LogP contribution in [-0.2, 0) is 4.79 Å². The van der Waals surface area contributed by atoms with Crippen LogP contribution in [0.4, 0.5) is 5.82 Å². The summed E-state index contributed by atoms with van der Waals surface area (Å²) < 4.78 is 5.19. The van der Waals surface area contributed by atoms with Crippen LogP contribution in [0.1, 0.15) is 50.9 Å². The summed E-state index contributed by atoms with van der Waals surface area (Å²) in [5.41, 5.74) is 0.636. The minimum atomic E-state index is -0.0419. The van der Waals surface area contributed by atoms with Crippen LogP contribution in [0, 0.1) is 0 Å². The Morgan fingerprint density at radius 1 is 1.21 bits per heavy atom. The molecule has 1 aromatic carbocycles. The Labute approximate surface area is 241 Å². The molecule has 2 heterocycles. The summed E-state index contributed by atoms with van der Waals surface area (Å²) in [7, 11) is 1.60. The van der Waals surface area contributed by atoms with Gasteiger partial charge in [0.05, 0.1) is 12.9 Å². The quantitative estimate of drug-likeness (QED) is 0.215. The molecule has 2 amide bonds. The number of methoxy groups -OCH3 is 1. The predicted octanol–water partition coefficient (Wildman–Crippen LogP) is 4.21. The minimum absolute atomic E-state index is 0.00457. The smallest absolute Gasteiger partial charge is 0.254 e. The molecule has 0 aliphatic carbocycles. The number of aromatic nitrogens is 2. The summed E-state index contributed by atoms with van der Waals surface area (Å²) in [4.78, 5) is 41.0. The molecule has 214 valence electrons. The second kappa shape index (κ2) is 15.3. The number of hydrogen-bond donors (Lipinski definition) is 1. The first-order chi connectivity index (χ1) is 18.7. The number of thioether (sulfide) groups is 1. The highest BCUT2D eigenvalue weighted by atomic mass is 35.5. The summed E-state index contributed by atoms with van der Waals surface area (Å²) in [6, 6.07) is 9.00. The first kappa shape index (κ1) is 31.0. The zero-order valence-electron chi connectivity index (χ0n) is 23.7. The molecule has 0 spiro atoms. The Balaban J connectivity index is 1.51. The van der Waals surface area contributed by atoms with Crippen molar-refractivity contribution in [2.75, 3.05) is 57.0 Å². The molecular formula is C28H41ClN6O3S. The second-order valence-electron chi connectivity index (χ2n) is 9.78. The Hall–Kier alpha value is -2.56. The molecule has 1 aliphatic heterocycles. The van der Waals surface area contributed by atoms with E-state index in [1.54, 1.807) is 37.4 Å². The third kappa shape index (κ3) is 9.25. The van der Waals surface area contributed by atoms with E-state index in [9.17, 15) is 9.59 Å². The molecular weight excluding hydrogens is 536 g/mol. The lowest BCUT2D eigenvalue weighted by Crippen LogP contribution is -2.54. The van der Waals surface area contributed by atoms with Crippen LogP contribution < -0.4 is 15.0 Å². The normalized spacial score (nSPS) is 16.3. The summed E-state index contributed by atoms with van der Waals surface area (Å²) in [5, 5.41) is 3.87. The van der Waals surface area contributed by atoms with E-state index in [1.807, 2.05) is 18.7 Å². The van der Waals surface area contributed by atoms with Crippen LogP contribution in [0.25, 0.3) is 0 Å². The standard InChI is InChI=1S/C28H41ClN6O3S/c1-6-33(7-2)14-8-9-20(3)30-26(36)19-39-28-31-24(29)17-25(32-28)34-15-16-35(21(4)18-34)27(37)22-10-12-23(38-5)13-11-22/h10-13,17,20-21H,6-9,14-16,18-19H2,1-5H3,(H,30,36). The van der Waals surface area contributed by atoms with Crippen molar-refractivity contribution in [2.45, 2.75) is 57.8 Å². The van der Waals surface area contributed by atoms with Crippen molar-refractivity contribution in [1.29, 1.82) is 0 Å². The lowest BCUT2D eigenvalue weighted by atomic mass is 10.1. The third-order valence-corrected chi connectivity index (χ3v) is 8.00. The van der Waals surface area contributed by atoms with Gasteiger partial charge in [-0.05, 0) is 70.6 Å². The number of anilines is 1. The third-order valence-electron chi connectivity index (χ3n) is 6.96. The van der Waals surface area contributed by atoms with E-state index in [0.29, 0.717) is 41.3 Å². The zero-order chi connectivity index (χ0) is 28.4. The van der Waals surface area contributed by atoms with Crippen LogP contribution in [0.2, 0.25) is 5.15 Å². The molecule has 2 aromatic rings. The van der Waals surface area contributed by atoms with Crippen molar-refractivity contribution < 1.29 is 14.3 Å². The highest BCUT2D eigenvalue weighted by molar-refractivity contribution is 7.99. The molecule has 9 nitrogen and oxygen atoms in total. The number of carbonyl (C=O) groups excluding carboxylic acids is 2. The molecule has 3 rings (SSSR count). The second-order valence-corrected chi connectivity index (χ2v) is 11.1. The molecule has 0 saturated carbocycles. The number of nitrogens with zero attached hydrogens (tertiary/aromatic N) is 5. The largest absolute Gasteiger partial charge is 0.497 e. The van der Waals surface area contributed by atoms with Gasteiger partial charge < -0.3 is 24.8 Å². The van der Waals surface area contributed by atoms with Crippen molar-refractivity contribution >= 4 is 41.0 Å². The van der Waals surface area contributed by atoms with Crippen LogP contribution in [0.15, 0.2) is 35.5 Å². The number of piperazine rings is 1. The first-order valence-corrected chi connectivity index (χ1v) is 15.0. The SMILES string of the molecule is CCN(CC)CCCC(C)NC(=O)CSc1nc(Cl)cc(N2CCN(C(=O)c3ccc(OC)cc3)C(C)C2)n1. The van der Waals surface area contributed by atoms with E-state index in [-0.39, 0.29) is 29.7 Å². The molecule has 2 unspecified atom stereocenters. The van der Waals surface area contributed by atoms with Gasteiger partial charge in [-0.2, -0.15) is 0 Å². The van der Waals surface area contributed by atoms with E-state index in [2.05, 4.69) is 38.9 Å². The number of carbonyl (C=O) groups is 2. The number of halogens is 1. The van der Waals surface area contributed by atoms with Gasteiger partial charge in [0.2, 0.25) is 5.91 Å². The van der Waals surface area contributed by atoms with Crippen LogP contribution in [0.5, 0.6) is 5.75 Å². The van der Waals surface area contributed by atoms with Gasteiger partial charge in [0.1, 0.15) is 16.7 Å². The minimum Gasteiger partial charge on any atom is -0.497 e. The number of ether oxygens (including phenoxy) is 1. The van der Waals surface area contributed by atoms with Gasteiger partial charge in [-0.3, -0.25) is 9.59 Å². The van der Waals surface area contributed by atoms with Crippen molar-refractivity contribution in [3.63, 3.8) is 0 Å².